The van der Waals surface area contributed by atoms with Gasteiger partial charge in [-0.15, -0.1) is 0 Å². The first kappa shape index (κ1) is 18.1. The van der Waals surface area contributed by atoms with Crippen LogP contribution >= 0.6 is 15.9 Å². The summed E-state index contributed by atoms with van der Waals surface area (Å²) in [5.74, 6) is -2.39. The third-order valence-corrected chi connectivity index (χ3v) is 2.82. The average Bonchev–Trinajstić information content (AvgIpc) is 2.37. The lowest BCUT2D eigenvalue weighted by Crippen LogP contribution is -2.14. The Bertz CT molecular complexity index is 482. The summed E-state index contributed by atoms with van der Waals surface area (Å²) >= 11 is 3.13. The number of carboxylic acid groups (broad SMARTS) is 2. The quantitative estimate of drug-likeness (QED) is 0.641. The van der Waals surface area contributed by atoms with Crippen molar-refractivity contribution >= 4 is 33.8 Å². The second kappa shape index (κ2) is 9.08. The molecule has 1 aromatic rings. The predicted octanol–water partition coefficient (Wildman–Crippen LogP) is 2.47. The van der Waals surface area contributed by atoms with E-state index in [-0.39, 0.29) is 12.2 Å². The van der Waals surface area contributed by atoms with Crippen molar-refractivity contribution in [2.75, 3.05) is 6.61 Å². The SMILES string of the molecule is CC(=O)O.CCOC(=O)C(Br)c1ccccc1C(=O)O. The summed E-state index contributed by atoms with van der Waals surface area (Å²) in [4.78, 5) is 30.6. The highest BCUT2D eigenvalue weighted by Crippen LogP contribution is 2.27. The van der Waals surface area contributed by atoms with Crippen LogP contribution in [0.15, 0.2) is 24.3 Å². The molecule has 0 spiro atoms. The van der Waals surface area contributed by atoms with Crippen LogP contribution in [0.2, 0.25) is 0 Å². The maximum absolute atomic E-state index is 11.5. The van der Waals surface area contributed by atoms with Gasteiger partial charge in [0.05, 0.1) is 12.2 Å². The van der Waals surface area contributed by atoms with Crippen molar-refractivity contribution in [3.63, 3.8) is 0 Å². The molecule has 0 aliphatic carbocycles. The van der Waals surface area contributed by atoms with Crippen molar-refractivity contribution in [2.45, 2.75) is 18.7 Å². The highest BCUT2D eigenvalue weighted by molar-refractivity contribution is 9.09. The first-order valence-electron chi connectivity index (χ1n) is 5.63. The van der Waals surface area contributed by atoms with E-state index >= 15 is 0 Å². The lowest BCUT2D eigenvalue weighted by molar-refractivity contribution is -0.142. The van der Waals surface area contributed by atoms with E-state index in [1.165, 1.54) is 6.07 Å². The molecule has 0 radical (unpaired) electrons. The number of carboxylic acids is 2. The molecule has 0 aliphatic rings. The van der Waals surface area contributed by atoms with Gasteiger partial charge in [0.2, 0.25) is 0 Å². The zero-order chi connectivity index (χ0) is 15.7. The normalized spacial score (nSPS) is 10.8. The molecule has 110 valence electrons. The summed E-state index contributed by atoms with van der Waals surface area (Å²) in [6, 6.07) is 6.32. The molecule has 0 aromatic heterocycles. The molecule has 20 heavy (non-hydrogen) atoms. The molecular formula is C13H15BrO6. The zero-order valence-corrected chi connectivity index (χ0v) is 12.6. The lowest BCUT2D eigenvalue weighted by Gasteiger charge is -2.11. The molecular weight excluding hydrogens is 332 g/mol. The Morgan fingerprint density at radius 3 is 2.20 bits per heavy atom. The number of hydrogen-bond acceptors (Lipinski definition) is 4. The van der Waals surface area contributed by atoms with Crippen LogP contribution < -0.4 is 0 Å². The van der Waals surface area contributed by atoms with Gasteiger partial charge in [0.25, 0.3) is 5.97 Å². The van der Waals surface area contributed by atoms with Crippen LogP contribution in [-0.2, 0) is 14.3 Å². The summed E-state index contributed by atoms with van der Waals surface area (Å²) in [5.41, 5.74) is 0.492. The van der Waals surface area contributed by atoms with Crippen molar-refractivity contribution in [3.8, 4) is 0 Å². The molecule has 6 nitrogen and oxygen atoms in total. The van der Waals surface area contributed by atoms with E-state index in [9.17, 15) is 9.59 Å². The number of benzene rings is 1. The number of ether oxygens (including phenoxy) is 1. The Morgan fingerprint density at radius 2 is 1.75 bits per heavy atom. The highest BCUT2D eigenvalue weighted by Gasteiger charge is 2.23. The summed E-state index contributed by atoms with van der Waals surface area (Å²) in [5, 5.41) is 16.4. The van der Waals surface area contributed by atoms with Gasteiger partial charge in [-0.25, -0.2) is 4.79 Å². The van der Waals surface area contributed by atoms with Gasteiger partial charge < -0.3 is 14.9 Å². The first-order chi connectivity index (χ1) is 9.31. The van der Waals surface area contributed by atoms with E-state index in [0.717, 1.165) is 6.92 Å². The van der Waals surface area contributed by atoms with Crippen molar-refractivity contribution in [3.05, 3.63) is 35.4 Å². The largest absolute Gasteiger partial charge is 0.481 e. The van der Waals surface area contributed by atoms with E-state index < -0.39 is 22.7 Å². The molecule has 7 heteroatoms. The van der Waals surface area contributed by atoms with Gasteiger partial charge in [-0.05, 0) is 18.6 Å². The summed E-state index contributed by atoms with van der Waals surface area (Å²) < 4.78 is 4.81. The van der Waals surface area contributed by atoms with Gasteiger partial charge >= 0.3 is 11.9 Å². The van der Waals surface area contributed by atoms with Crippen LogP contribution in [-0.4, -0.2) is 34.7 Å². The molecule has 0 fully saturated rings. The molecule has 0 amide bonds. The van der Waals surface area contributed by atoms with Crippen molar-refractivity contribution in [2.24, 2.45) is 0 Å². The Balaban J connectivity index is 0.000000796. The molecule has 2 N–H and O–H groups in total. The Hall–Kier alpha value is -1.89. The second-order valence-electron chi connectivity index (χ2n) is 3.53. The molecule has 0 saturated heterocycles. The smallest absolute Gasteiger partial charge is 0.336 e. The van der Waals surface area contributed by atoms with Gasteiger partial charge in [0.1, 0.15) is 4.83 Å². The van der Waals surface area contributed by atoms with Crippen LogP contribution in [0.25, 0.3) is 0 Å². The summed E-state index contributed by atoms with van der Waals surface area (Å²) in [7, 11) is 0. The van der Waals surface area contributed by atoms with E-state index in [0.29, 0.717) is 5.56 Å². The Morgan fingerprint density at radius 1 is 1.25 bits per heavy atom. The van der Waals surface area contributed by atoms with E-state index in [1.54, 1.807) is 25.1 Å². The molecule has 0 bridgehead atoms. The van der Waals surface area contributed by atoms with Crippen LogP contribution in [0.3, 0.4) is 0 Å². The number of carbonyl (C=O) groups is 3. The minimum atomic E-state index is -1.07. The van der Waals surface area contributed by atoms with E-state index in [1.807, 2.05) is 0 Å². The molecule has 1 unspecified atom stereocenters. The van der Waals surface area contributed by atoms with Gasteiger partial charge in [0.15, 0.2) is 0 Å². The molecule has 0 saturated carbocycles. The Kier molecular flexibility index (Phi) is 8.23. The monoisotopic (exact) mass is 346 g/mol. The van der Waals surface area contributed by atoms with E-state index in [4.69, 9.17) is 19.7 Å². The number of aliphatic carboxylic acids is 1. The number of carbonyl (C=O) groups excluding carboxylic acids is 1. The molecule has 1 rings (SSSR count). The third-order valence-electron chi connectivity index (χ3n) is 1.96. The molecule has 1 aromatic carbocycles. The molecule has 0 heterocycles. The number of aromatic carboxylic acids is 1. The number of hydrogen-bond donors (Lipinski definition) is 2. The maximum atomic E-state index is 11.5. The highest BCUT2D eigenvalue weighted by atomic mass is 79.9. The number of halogens is 1. The maximum Gasteiger partial charge on any atom is 0.336 e. The minimum absolute atomic E-state index is 0.0948. The van der Waals surface area contributed by atoms with Crippen LogP contribution in [0, 0.1) is 0 Å². The van der Waals surface area contributed by atoms with Crippen LogP contribution in [0.5, 0.6) is 0 Å². The first-order valence-corrected chi connectivity index (χ1v) is 6.55. The van der Waals surface area contributed by atoms with Crippen molar-refractivity contribution < 1.29 is 29.3 Å². The number of alkyl halides is 1. The van der Waals surface area contributed by atoms with E-state index in [2.05, 4.69) is 15.9 Å². The topological polar surface area (TPSA) is 101 Å². The molecule has 0 aliphatic heterocycles. The van der Waals surface area contributed by atoms with Crippen LogP contribution in [0.4, 0.5) is 0 Å². The number of rotatable bonds is 4. The van der Waals surface area contributed by atoms with Crippen LogP contribution in [0.1, 0.15) is 34.6 Å². The molecule has 1 atom stereocenters. The minimum Gasteiger partial charge on any atom is -0.481 e. The lowest BCUT2D eigenvalue weighted by atomic mass is 10.0. The summed E-state index contributed by atoms with van der Waals surface area (Å²) in [6.45, 7) is 3.04. The number of esters is 1. The zero-order valence-electron chi connectivity index (χ0n) is 11.0. The van der Waals surface area contributed by atoms with Gasteiger partial charge in [-0.3, -0.25) is 9.59 Å². The fourth-order valence-corrected chi connectivity index (χ4v) is 1.79. The van der Waals surface area contributed by atoms with Gasteiger partial charge in [-0.2, -0.15) is 0 Å². The van der Waals surface area contributed by atoms with Gasteiger partial charge in [0, 0.05) is 6.92 Å². The second-order valence-corrected chi connectivity index (χ2v) is 4.44. The van der Waals surface area contributed by atoms with Crippen molar-refractivity contribution in [1.29, 1.82) is 0 Å². The van der Waals surface area contributed by atoms with Crippen molar-refractivity contribution in [1.82, 2.24) is 0 Å². The van der Waals surface area contributed by atoms with Gasteiger partial charge in [-0.1, -0.05) is 34.1 Å². The standard InChI is InChI=1S/C11H11BrO4.C2H4O2/c1-2-16-11(15)9(12)7-5-3-4-6-8(7)10(13)14;1-2(3)4/h3-6,9H,2H2,1H3,(H,13,14);1H3,(H,3,4). The Labute approximate surface area is 124 Å². The average molecular weight is 347 g/mol. The third kappa shape index (κ3) is 6.33. The fraction of sp³-hybridized carbons (Fsp3) is 0.308. The summed E-state index contributed by atoms with van der Waals surface area (Å²) in [6.07, 6.45) is 0. The fourth-order valence-electron chi connectivity index (χ4n) is 1.26. The predicted molar refractivity (Wildman–Crippen MR) is 75.0 cm³/mol.